The van der Waals surface area contributed by atoms with Crippen LogP contribution in [0.4, 0.5) is 13.2 Å². The molecule has 1 nitrogen and oxygen atoms in total. The number of nitrogens with zero attached hydrogens (tertiary/aromatic N) is 1. The number of hydrogen-bond donors (Lipinski definition) is 0. The molecular formula is C17H11BrF3N. The lowest BCUT2D eigenvalue weighted by Crippen LogP contribution is -2.07. The van der Waals surface area contributed by atoms with Crippen LogP contribution in [0.2, 0.25) is 0 Å². The fraction of sp³-hybridized carbons (Fsp3) is 0.118. The lowest BCUT2D eigenvalue weighted by atomic mass is 10.0. The van der Waals surface area contributed by atoms with Gasteiger partial charge in [-0.3, -0.25) is 4.98 Å². The molecule has 3 rings (SSSR count). The van der Waals surface area contributed by atoms with Crippen molar-refractivity contribution < 1.29 is 13.2 Å². The zero-order chi connectivity index (χ0) is 15.7. The number of hydrogen-bond acceptors (Lipinski definition) is 1. The second-order valence-corrected chi connectivity index (χ2v) is 5.75. The molecule has 1 aromatic heterocycles. The quantitative estimate of drug-likeness (QED) is 0.575. The average molecular weight is 366 g/mol. The molecule has 0 N–H and O–H groups in total. The molecule has 3 aromatic rings. The van der Waals surface area contributed by atoms with Crippen LogP contribution < -0.4 is 0 Å². The zero-order valence-corrected chi connectivity index (χ0v) is 12.9. The van der Waals surface area contributed by atoms with Crippen LogP contribution in [0.5, 0.6) is 0 Å². The summed E-state index contributed by atoms with van der Waals surface area (Å²) in [5.41, 5.74) is 1.20. The van der Waals surface area contributed by atoms with E-state index in [0.717, 1.165) is 17.2 Å². The van der Waals surface area contributed by atoms with Crippen LogP contribution in [-0.2, 0) is 12.6 Å². The van der Waals surface area contributed by atoms with Gasteiger partial charge in [0.25, 0.3) is 0 Å². The van der Waals surface area contributed by atoms with Crippen molar-refractivity contribution in [3.05, 3.63) is 75.9 Å². The molecule has 0 saturated heterocycles. The molecule has 0 unspecified atom stereocenters. The summed E-state index contributed by atoms with van der Waals surface area (Å²) in [4.78, 5) is 4.05. The second kappa shape index (κ2) is 5.72. The maximum absolute atomic E-state index is 13.0. The maximum Gasteiger partial charge on any atom is 0.418 e. The first-order valence-electron chi connectivity index (χ1n) is 6.64. The van der Waals surface area contributed by atoms with Crippen LogP contribution in [0.15, 0.2) is 59.2 Å². The van der Waals surface area contributed by atoms with Crippen LogP contribution in [0.3, 0.4) is 0 Å². The highest BCUT2D eigenvalue weighted by Crippen LogP contribution is 2.37. The van der Waals surface area contributed by atoms with Crippen molar-refractivity contribution in [3.8, 4) is 0 Å². The topological polar surface area (TPSA) is 12.9 Å². The fourth-order valence-electron chi connectivity index (χ4n) is 2.40. The molecule has 0 aliphatic carbocycles. The van der Waals surface area contributed by atoms with Gasteiger partial charge in [0.15, 0.2) is 0 Å². The Hall–Kier alpha value is -1.88. The fourth-order valence-corrected chi connectivity index (χ4v) is 2.96. The third-order valence-electron chi connectivity index (χ3n) is 3.45. The highest BCUT2D eigenvalue weighted by Gasteiger charge is 2.33. The van der Waals surface area contributed by atoms with Crippen molar-refractivity contribution >= 4 is 26.8 Å². The summed E-state index contributed by atoms with van der Waals surface area (Å²) < 4.78 is 39.8. The number of rotatable bonds is 2. The molecule has 0 amide bonds. The summed E-state index contributed by atoms with van der Waals surface area (Å²) in [7, 11) is 0. The van der Waals surface area contributed by atoms with Gasteiger partial charge in [-0.15, -0.1) is 0 Å². The van der Waals surface area contributed by atoms with Crippen LogP contribution in [0.1, 0.15) is 16.7 Å². The van der Waals surface area contributed by atoms with Gasteiger partial charge < -0.3 is 0 Å². The van der Waals surface area contributed by atoms with Crippen LogP contribution >= 0.6 is 15.9 Å². The third-order valence-corrected chi connectivity index (χ3v) is 4.38. The van der Waals surface area contributed by atoms with Crippen molar-refractivity contribution in [2.45, 2.75) is 12.6 Å². The third kappa shape index (κ3) is 2.86. The van der Waals surface area contributed by atoms with E-state index >= 15 is 0 Å². The molecule has 5 heteroatoms. The number of para-hydroxylation sites is 1. The van der Waals surface area contributed by atoms with E-state index in [9.17, 15) is 13.2 Å². The minimum atomic E-state index is -4.41. The molecule has 2 aromatic carbocycles. The number of pyridine rings is 1. The van der Waals surface area contributed by atoms with Crippen molar-refractivity contribution in [3.63, 3.8) is 0 Å². The first-order chi connectivity index (χ1) is 10.5. The Morgan fingerprint density at radius 3 is 2.36 bits per heavy atom. The first-order valence-corrected chi connectivity index (χ1v) is 7.43. The Labute approximate surface area is 133 Å². The Morgan fingerprint density at radius 1 is 0.955 bits per heavy atom. The highest BCUT2D eigenvalue weighted by molar-refractivity contribution is 9.10. The van der Waals surface area contributed by atoms with Crippen LogP contribution in [-0.4, -0.2) is 4.98 Å². The number of alkyl halides is 3. The van der Waals surface area contributed by atoms with E-state index in [0.29, 0.717) is 16.3 Å². The second-order valence-electron chi connectivity index (χ2n) is 4.96. The van der Waals surface area contributed by atoms with Crippen molar-refractivity contribution in [1.29, 1.82) is 0 Å². The summed E-state index contributed by atoms with van der Waals surface area (Å²) in [6.45, 7) is 0. The van der Waals surface area contributed by atoms with Gasteiger partial charge in [-0.05, 0) is 33.1 Å². The smallest absolute Gasteiger partial charge is 0.255 e. The van der Waals surface area contributed by atoms with Gasteiger partial charge in [0.2, 0.25) is 0 Å². The Bertz CT molecular complexity index is 813. The Morgan fingerprint density at radius 2 is 1.68 bits per heavy atom. The van der Waals surface area contributed by atoms with Gasteiger partial charge in [-0.25, -0.2) is 0 Å². The molecule has 0 bridgehead atoms. The molecule has 1 heterocycles. The minimum Gasteiger partial charge on any atom is -0.255 e. The van der Waals surface area contributed by atoms with E-state index in [1.54, 1.807) is 6.07 Å². The summed E-state index contributed by atoms with van der Waals surface area (Å²) in [5, 5.41) is 0.475. The SMILES string of the molecule is FC(F)(F)c1cccc2c(Br)c(Cc3ccccc3)cnc12. The predicted molar refractivity (Wildman–Crippen MR) is 83.7 cm³/mol. The molecule has 112 valence electrons. The molecule has 0 spiro atoms. The molecule has 0 aliphatic rings. The van der Waals surface area contributed by atoms with Gasteiger partial charge in [0, 0.05) is 22.5 Å². The normalized spacial score (nSPS) is 11.8. The summed E-state index contributed by atoms with van der Waals surface area (Å²) in [5.74, 6) is 0. The first kappa shape index (κ1) is 15.0. The Balaban J connectivity index is 2.11. The lowest BCUT2D eigenvalue weighted by Gasteiger charge is -2.12. The van der Waals surface area contributed by atoms with Gasteiger partial charge in [0.1, 0.15) is 0 Å². The van der Waals surface area contributed by atoms with Crippen molar-refractivity contribution in [1.82, 2.24) is 4.98 Å². The molecule has 0 atom stereocenters. The lowest BCUT2D eigenvalue weighted by molar-refractivity contribution is -0.136. The molecule has 0 aliphatic heterocycles. The molecule has 0 radical (unpaired) electrons. The summed E-state index contributed by atoms with van der Waals surface area (Å²) in [6.07, 6.45) is -2.29. The average Bonchev–Trinajstić information content (AvgIpc) is 2.50. The van der Waals surface area contributed by atoms with Crippen molar-refractivity contribution in [2.24, 2.45) is 0 Å². The van der Waals surface area contributed by atoms with Crippen LogP contribution in [0.25, 0.3) is 10.9 Å². The number of halogens is 4. The molecule has 0 fully saturated rings. The van der Waals surface area contributed by atoms with Gasteiger partial charge in [0.05, 0.1) is 11.1 Å². The largest absolute Gasteiger partial charge is 0.418 e. The number of benzene rings is 2. The van der Waals surface area contributed by atoms with Crippen LogP contribution in [0, 0.1) is 0 Å². The van der Waals surface area contributed by atoms with E-state index in [-0.39, 0.29) is 5.52 Å². The zero-order valence-electron chi connectivity index (χ0n) is 11.4. The molecular weight excluding hydrogens is 355 g/mol. The predicted octanol–water partition coefficient (Wildman–Crippen LogP) is 5.61. The minimum absolute atomic E-state index is 0.0290. The van der Waals surface area contributed by atoms with Gasteiger partial charge in [-0.2, -0.15) is 13.2 Å². The van der Waals surface area contributed by atoms with E-state index in [1.807, 2.05) is 30.3 Å². The molecule has 0 saturated carbocycles. The number of aromatic nitrogens is 1. The molecule has 22 heavy (non-hydrogen) atoms. The highest BCUT2D eigenvalue weighted by atomic mass is 79.9. The van der Waals surface area contributed by atoms with E-state index in [2.05, 4.69) is 20.9 Å². The summed E-state index contributed by atoms with van der Waals surface area (Å²) in [6, 6.07) is 13.8. The van der Waals surface area contributed by atoms with Gasteiger partial charge in [-0.1, -0.05) is 42.5 Å². The number of fused-ring (bicyclic) bond motifs is 1. The van der Waals surface area contributed by atoms with E-state index < -0.39 is 11.7 Å². The van der Waals surface area contributed by atoms with E-state index in [1.165, 1.54) is 12.3 Å². The van der Waals surface area contributed by atoms with Crippen molar-refractivity contribution in [2.75, 3.05) is 0 Å². The van der Waals surface area contributed by atoms with E-state index in [4.69, 9.17) is 0 Å². The maximum atomic E-state index is 13.0. The Kier molecular flexibility index (Phi) is 3.91. The summed E-state index contributed by atoms with van der Waals surface area (Å²) >= 11 is 3.43. The standard InChI is InChI=1S/C17H11BrF3N/c18-15-12(9-11-5-2-1-3-6-11)10-22-16-13(15)7-4-8-14(16)17(19,20)21/h1-8,10H,9H2. The monoisotopic (exact) mass is 365 g/mol. The van der Waals surface area contributed by atoms with Gasteiger partial charge >= 0.3 is 6.18 Å².